The van der Waals surface area contributed by atoms with E-state index in [4.69, 9.17) is 14.5 Å². The number of para-hydroxylation sites is 1. The van der Waals surface area contributed by atoms with Crippen molar-refractivity contribution in [2.75, 3.05) is 46.0 Å². The first-order valence-corrected chi connectivity index (χ1v) is 9.80. The lowest BCUT2D eigenvalue weighted by Crippen LogP contribution is -2.45. The molecule has 1 aromatic carbocycles. The van der Waals surface area contributed by atoms with Gasteiger partial charge in [0.2, 0.25) is 0 Å². The van der Waals surface area contributed by atoms with Gasteiger partial charge in [0.25, 0.3) is 0 Å². The second-order valence-electron chi connectivity index (χ2n) is 7.18. The average Bonchev–Trinajstić information content (AvgIpc) is 2.89. The molecule has 0 N–H and O–H groups in total. The van der Waals surface area contributed by atoms with Gasteiger partial charge in [-0.3, -0.25) is 9.88 Å². The summed E-state index contributed by atoms with van der Waals surface area (Å²) >= 11 is 0. The number of aromatic nitrogens is 1. The van der Waals surface area contributed by atoms with Crippen LogP contribution in [0.3, 0.4) is 0 Å². The molecule has 0 aliphatic carbocycles. The van der Waals surface area contributed by atoms with Crippen LogP contribution in [0.1, 0.15) is 29.8 Å². The number of hydrogen-bond acceptors (Lipinski definition) is 5. The van der Waals surface area contributed by atoms with Gasteiger partial charge in [0, 0.05) is 31.6 Å². The highest BCUT2D eigenvalue weighted by Crippen LogP contribution is 2.33. The van der Waals surface area contributed by atoms with Crippen molar-refractivity contribution in [1.29, 1.82) is 0 Å². The fraction of sp³-hybridized carbons (Fsp3) is 0.524. The van der Waals surface area contributed by atoms with E-state index in [1.54, 1.807) is 0 Å². The molecule has 0 radical (unpaired) electrons. The van der Waals surface area contributed by atoms with E-state index in [9.17, 15) is 4.79 Å². The summed E-state index contributed by atoms with van der Waals surface area (Å²) < 4.78 is 10.9. The van der Waals surface area contributed by atoms with Gasteiger partial charge in [0.15, 0.2) is 0 Å². The van der Waals surface area contributed by atoms with E-state index in [1.165, 1.54) is 16.5 Å². The Bertz CT molecular complexity index is 833. The maximum absolute atomic E-state index is 12.5. The van der Waals surface area contributed by atoms with Crippen LogP contribution in [0.4, 0.5) is 4.79 Å². The molecule has 3 heterocycles. The second kappa shape index (κ2) is 7.82. The number of morpholine rings is 1. The first-order valence-electron chi connectivity index (χ1n) is 9.80. The molecule has 2 aromatic rings. The van der Waals surface area contributed by atoms with Crippen LogP contribution >= 0.6 is 0 Å². The fourth-order valence-corrected chi connectivity index (χ4v) is 4.22. The number of aryl methyl sites for hydroxylation is 1. The van der Waals surface area contributed by atoms with Gasteiger partial charge in [-0.25, -0.2) is 4.79 Å². The molecule has 4 rings (SSSR count). The number of fused-ring (bicyclic) bond motifs is 2. The van der Waals surface area contributed by atoms with E-state index in [0.717, 1.165) is 43.9 Å². The molecule has 1 amide bonds. The molecule has 6 nitrogen and oxygen atoms in total. The number of benzene rings is 1. The Morgan fingerprint density at radius 3 is 2.81 bits per heavy atom. The standard InChI is InChI=1S/C21H27N3O3/c1-3-27-21(25)24-9-8-17-15(2)16-6-4-5-7-18(16)22-20(17)19(14-24)23-10-12-26-13-11-23/h4-7,19H,3,8-14H2,1-2H3. The highest BCUT2D eigenvalue weighted by molar-refractivity contribution is 5.83. The molecule has 1 atom stereocenters. The molecular formula is C21H27N3O3. The maximum atomic E-state index is 12.5. The first kappa shape index (κ1) is 18.2. The molecule has 0 saturated carbocycles. The van der Waals surface area contributed by atoms with Gasteiger partial charge in [-0.15, -0.1) is 0 Å². The summed E-state index contributed by atoms with van der Waals surface area (Å²) in [7, 11) is 0. The lowest BCUT2D eigenvalue weighted by molar-refractivity contribution is 0.00745. The van der Waals surface area contributed by atoms with Crippen LogP contribution in [0.25, 0.3) is 10.9 Å². The molecule has 2 aliphatic rings. The Morgan fingerprint density at radius 2 is 2.04 bits per heavy atom. The summed E-state index contributed by atoms with van der Waals surface area (Å²) in [5.41, 5.74) is 4.69. The van der Waals surface area contributed by atoms with E-state index in [-0.39, 0.29) is 12.1 Å². The minimum Gasteiger partial charge on any atom is -0.450 e. The summed E-state index contributed by atoms with van der Waals surface area (Å²) in [6, 6.07) is 8.37. The van der Waals surface area contributed by atoms with Crippen molar-refractivity contribution in [3.63, 3.8) is 0 Å². The highest BCUT2D eigenvalue weighted by Gasteiger charge is 2.33. The molecule has 6 heteroatoms. The quantitative estimate of drug-likeness (QED) is 0.815. The monoisotopic (exact) mass is 369 g/mol. The number of rotatable bonds is 2. The third kappa shape index (κ3) is 3.51. The largest absolute Gasteiger partial charge is 0.450 e. The van der Waals surface area contributed by atoms with Crippen LogP contribution in [0.2, 0.25) is 0 Å². The number of amides is 1. The molecule has 0 bridgehead atoms. The van der Waals surface area contributed by atoms with Crippen LogP contribution in [-0.4, -0.2) is 66.9 Å². The van der Waals surface area contributed by atoms with Gasteiger partial charge in [0.05, 0.1) is 37.1 Å². The van der Waals surface area contributed by atoms with E-state index in [0.29, 0.717) is 19.7 Å². The first-order chi connectivity index (χ1) is 13.2. The lowest BCUT2D eigenvalue weighted by atomic mass is 9.96. The molecule has 1 aromatic heterocycles. The number of hydrogen-bond donors (Lipinski definition) is 0. The van der Waals surface area contributed by atoms with Gasteiger partial charge in [-0.05, 0) is 37.5 Å². The fourth-order valence-electron chi connectivity index (χ4n) is 4.22. The Morgan fingerprint density at radius 1 is 1.26 bits per heavy atom. The molecule has 1 unspecified atom stereocenters. The minimum atomic E-state index is -0.231. The maximum Gasteiger partial charge on any atom is 0.409 e. The lowest BCUT2D eigenvalue weighted by Gasteiger charge is -2.36. The molecule has 1 fully saturated rings. The van der Waals surface area contributed by atoms with E-state index < -0.39 is 0 Å². The summed E-state index contributed by atoms with van der Waals surface area (Å²) in [6.45, 7) is 8.84. The van der Waals surface area contributed by atoms with Crippen LogP contribution in [0, 0.1) is 6.92 Å². The Kier molecular flexibility index (Phi) is 5.27. The third-order valence-corrected chi connectivity index (χ3v) is 5.66. The Balaban J connectivity index is 1.79. The SMILES string of the molecule is CCOC(=O)N1CCc2c(nc3ccccc3c2C)C(N2CCOCC2)C1. The molecule has 27 heavy (non-hydrogen) atoms. The zero-order valence-electron chi connectivity index (χ0n) is 16.1. The zero-order chi connectivity index (χ0) is 18.8. The van der Waals surface area contributed by atoms with Crippen LogP contribution in [-0.2, 0) is 15.9 Å². The van der Waals surface area contributed by atoms with Crippen molar-refractivity contribution >= 4 is 17.0 Å². The number of carbonyl (C=O) groups is 1. The van der Waals surface area contributed by atoms with Crippen molar-refractivity contribution in [2.24, 2.45) is 0 Å². The van der Waals surface area contributed by atoms with E-state index in [1.807, 2.05) is 17.9 Å². The number of carbonyl (C=O) groups excluding carboxylic acids is 1. The predicted octanol–water partition coefficient (Wildman–Crippen LogP) is 2.93. The van der Waals surface area contributed by atoms with Crippen molar-refractivity contribution in [2.45, 2.75) is 26.3 Å². The van der Waals surface area contributed by atoms with Crippen LogP contribution in [0.15, 0.2) is 24.3 Å². The van der Waals surface area contributed by atoms with E-state index in [2.05, 4.69) is 30.0 Å². The van der Waals surface area contributed by atoms with Gasteiger partial charge in [0.1, 0.15) is 0 Å². The average molecular weight is 369 g/mol. The molecular weight excluding hydrogens is 342 g/mol. The van der Waals surface area contributed by atoms with Crippen molar-refractivity contribution < 1.29 is 14.3 Å². The van der Waals surface area contributed by atoms with Gasteiger partial charge < -0.3 is 14.4 Å². The molecule has 2 aliphatic heterocycles. The highest BCUT2D eigenvalue weighted by atomic mass is 16.6. The van der Waals surface area contributed by atoms with Gasteiger partial charge in [-0.1, -0.05) is 18.2 Å². The Labute approximate surface area is 160 Å². The van der Waals surface area contributed by atoms with Gasteiger partial charge in [-0.2, -0.15) is 0 Å². The smallest absolute Gasteiger partial charge is 0.409 e. The number of pyridine rings is 1. The van der Waals surface area contributed by atoms with Crippen LogP contribution < -0.4 is 0 Å². The minimum absolute atomic E-state index is 0.0686. The van der Waals surface area contributed by atoms with Crippen molar-refractivity contribution in [3.05, 3.63) is 41.1 Å². The summed E-state index contributed by atoms with van der Waals surface area (Å²) in [4.78, 5) is 21.8. The van der Waals surface area contributed by atoms with Crippen LogP contribution in [0.5, 0.6) is 0 Å². The Hall–Kier alpha value is -2.18. The summed E-state index contributed by atoms with van der Waals surface area (Å²) in [5, 5.41) is 1.20. The zero-order valence-corrected chi connectivity index (χ0v) is 16.1. The summed E-state index contributed by atoms with van der Waals surface area (Å²) in [6.07, 6.45) is 0.573. The molecule has 0 spiro atoms. The number of ether oxygens (including phenoxy) is 2. The number of nitrogens with zero attached hydrogens (tertiary/aromatic N) is 3. The molecule has 144 valence electrons. The second-order valence-corrected chi connectivity index (χ2v) is 7.18. The normalized spacial score (nSPS) is 21.0. The van der Waals surface area contributed by atoms with Gasteiger partial charge >= 0.3 is 6.09 Å². The van der Waals surface area contributed by atoms with E-state index >= 15 is 0 Å². The third-order valence-electron chi connectivity index (χ3n) is 5.66. The summed E-state index contributed by atoms with van der Waals surface area (Å²) in [5.74, 6) is 0. The predicted molar refractivity (Wildman–Crippen MR) is 104 cm³/mol. The van der Waals surface area contributed by atoms with Crippen molar-refractivity contribution in [1.82, 2.24) is 14.8 Å². The molecule has 1 saturated heterocycles. The topological polar surface area (TPSA) is 54.9 Å². The van der Waals surface area contributed by atoms with Crippen molar-refractivity contribution in [3.8, 4) is 0 Å².